The average Bonchev–Trinajstić information content (AvgIpc) is 2.46. The fraction of sp³-hybridized carbons (Fsp3) is 0.867. The Labute approximate surface area is 112 Å². The van der Waals surface area contributed by atoms with Gasteiger partial charge in [0.25, 0.3) is 0 Å². The van der Waals surface area contributed by atoms with E-state index >= 15 is 0 Å². The fourth-order valence-electron chi connectivity index (χ4n) is 3.41. The van der Waals surface area contributed by atoms with Crippen LogP contribution in [0.5, 0.6) is 0 Å². The summed E-state index contributed by atoms with van der Waals surface area (Å²) in [6, 6.07) is 0. The van der Waals surface area contributed by atoms with E-state index < -0.39 is 0 Å². The summed E-state index contributed by atoms with van der Waals surface area (Å²) >= 11 is 0. The largest absolute Gasteiger partial charge is 0.316 e. The van der Waals surface area contributed by atoms with Crippen LogP contribution in [-0.4, -0.2) is 19.4 Å². The predicted molar refractivity (Wildman–Crippen MR) is 77.0 cm³/mol. The van der Waals surface area contributed by atoms with Gasteiger partial charge in [-0.1, -0.05) is 31.4 Å². The van der Waals surface area contributed by atoms with Crippen LogP contribution in [0.3, 0.4) is 0 Å². The molecule has 2 aliphatic rings. The van der Waals surface area contributed by atoms with Crippen molar-refractivity contribution in [2.45, 2.75) is 63.7 Å². The second kappa shape index (κ2) is 7.27. The molecule has 4 N–H and O–H groups in total. The van der Waals surface area contributed by atoms with E-state index in [0.717, 1.165) is 0 Å². The van der Waals surface area contributed by atoms with E-state index in [1.165, 1.54) is 51.4 Å². The molecule has 3 nitrogen and oxygen atoms in total. The Bertz CT molecular complexity index is 258. The molecule has 2 aliphatic carbocycles. The summed E-state index contributed by atoms with van der Waals surface area (Å²) in [5, 5.41) is 7.06. The van der Waals surface area contributed by atoms with Gasteiger partial charge in [-0.05, 0) is 51.0 Å². The van der Waals surface area contributed by atoms with E-state index in [1.54, 1.807) is 0 Å². The number of nitrogens with two attached hydrogens (primary N) is 1. The first-order valence-corrected chi connectivity index (χ1v) is 7.65. The van der Waals surface area contributed by atoms with E-state index in [0.29, 0.717) is 18.0 Å². The second-order valence-corrected chi connectivity index (χ2v) is 5.90. The molecule has 0 aromatic carbocycles. The van der Waals surface area contributed by atoms with Crippen molar-refractivity contribution >= 4 is 0 Å². The lowest BCUT2D eigenvalue weighted by Crippen LogP contribution is -2.56. The third kappa shape index (κ3) is 3.81. The summed E-state index contributed by atoms with van der Waals surface area (Å²) in [6.07, 6.45) is 15.5. The molecule has 0 bridgehead atoms. The first kappa shape index (κ1) is 14.0. The maximum atomic E-state index is 6.36. The van der Waals surface area contributed by atoms with Gasteiger partial charge >= 0.3 is 0 Å². The van der Waals surface area contributed by atoms with E-state index in [2.05, 4.69) is 22.8 Å². The highest BCUT2D eigenvalue weighted by Crippen LogP contribution is 2.26. The smallest absolute Gasteiger partial charge is 0.0613 e. The fourth-order valence-corrected chi connectivity index (χ4v) is 3.41. The van der Waals surface area contributed by atoms with Crippen molar-refractivity contribution in [3.8, 4) is 0 Å². The number of rotatable bonds is 5. The SMILES string of the molecule is CNC(NC(N)C1CCCCC1)C1CC=CCC1. The molecule has 2 rings (SSSR count). The van der Waals surface area contributed by atoms with Crippen LogP contribution in [0.1, 0.15) is 51.4 Å². The standard InChI is InChI=1S/C15H29N3/c1-17-15(13-10-6-3-7-11-13)18-14(16)12-8-4-2-5-9-12/h3,6,12-15,17-18H,2,4-5,7-11,16H2,1H3. The molecule has 3 heteroatoms. The monoisotopic (exact) mass is 251 g/mol. The van der Waals surface area contributed by atoms with Gasteiger partial charge in [-0.15, -0.1) is 0 Å². The van der Waals surface area contributed by atoms with Crippen LogP contribution < -0.4 is 16.4 Å². The second-order valence-electron chi connectivity index (χ2n) is 5.90. The summed E-state index contributed by atoms with van der Waals surface area (Å²) < 4.78 is 0. The van der Waals surface area contributed by atoms with Gasteiger partial charge in [-0.2, -0.15) is 0 Å². The normalized spacial score (nSPS) is 29.1. The Kier molecular flexibility index (Phi) is 5.67. The first-order valence-electron chi connectivity index (χ1n) is 7.65. The maximum Gasteiger partial charge on any atom is 0.0613 e. The maximum absolute atomic E-state index is 6.36. The van der Waals surface area contributed by atoms with Crippen molar-refractivity contribution in [2.75, 3.05) is 7.05 Å². The van der Waals surface area contributed by atoms with Gasteiger partial charge in [0.2, 0.25) is 0 Å². The molecule has 18 heavy (non-hydrogen) atoms. The molecule has 0 radical (unpaired) electrons. The van der Waals surface area contributed by atoms with Crippen LogP contribution in [0, 0.1) is 11.8 Å². The molecule has 1 saturated carbocycles. The third-order valence-corrected chi connectivity index (χ3v) is 4.62. The van der Waals surface area contributed by atoms with Crippen LogP contribution in [0.4, 0.5) is 0 Å². The molecular formula is C15H29N3. The Morgan fingerprint density at radius 3 is 2.44 bits per heavy atom. The van der Waals surface area contributed by atoms with Crippen molar-refractivity contribution in [3.63, 3.8) is 0 Å². The molecule has 0 aliphatic heterocycles. The number of nitrogens with one attached hydrogen (secondary N) is 2. The zero-order valence-corrected chi connectivity index (χ0v) is 11.7. The molecule has 104 valence electrons. The van der Waals surface area contributed by atoms with Crippen molar-refractivity contribution < 1.29 is 0 Å². The highest BCUT2D eigenvalue weighted by atomic mass is 15.2. The lowest BCUT2D eigenvalue weighted by Gasteiger charge is -2.35. The van der Waals surface area contributed by atoms with Gasteiger partial charge in [0.05, 0.1) is 12.3 Å². The Morgan fingerprint density at radius 2 is 1.83 bits per heavy atom. The highest BCUT2D eigenvalue weighted by molar-refractivity contribution is 4.94. The molecule has 3 atom stereocenters. The van der Waals surface area contributed by atoms with Crippen LogP contribution in [0.2, 0.25) is 0 Å². The lowest BCUT2D eigenvalue weighted by molar-refractivity contribution is 0.206. The third-order valence-electron chi connectivity index (χ3n) is 4.62. The lowest BCUT2D eigenvalue weighted by atomic mass is 9.86. The van der Waals surface area contributed by atoms with E-state index in [-0.39, 0.29) is 6.17 Å². The number of hydrogen-bond acceptors (Lipinski definition) is 3. The molecule has 0 spiro atoms. The summed E-state index contributed by atoms with van der Waals surface area (Å²) in [7, 11) is 2.05. The summed E-state index contributed by atoms with van der Waals surface area (Å²) in [5.74, 6) is 1.36. The number of hydrogen-bond donors (Lipinski definition) is 3. The van der Waals surface area contributed by atoms with Crippen molar-refractivity contribution in [1.82, 2.24) is 10.6 Å². The summed E-state index contributed by atoms with van der Waals surface area (Å²) in [5.41, 5.74) is 6.36. The van der Waals surface area contributed by atoms with Crippen molar-refractivity contribution in [3.05, 3.63) is 12.2 Å². The van der Waals surface area contributed by atoms with Gasteiger partial charge in [-0.3, -0.25) is 5.32 Å². The first-order chi connectivity index (χ1) is 8.81. The van der Waals surface area contributed by atoms with Gasteiger partial charge in [0, 0.05) is 0 Å². The van der Waals surface area contributed by atoms with Gasteiger partial charge < -0.3 is 11.1 Å². The van der Waals surface area contributed by atoms with E-state index in [4.69, 9.17) is 5.73 Å². The molecule has 0 heterocycles. The molecule has 0 aromatic heterocycles. The minimum Gasteiger partial charge on any atom is -0.316 e. The van der Waals surface area contributed by atoms with Crippen LogP contribution in [-0.2, 0) is 0 Å². The molecular weight excluding hydrogens is 222 g/mol. The highest BCUT2D eigenvalue weighted by Gasteiger charge is 2.26. The van der Waals surface area contributed by atoms with Gasteiger partial charge in [0.1, 0.15) is 0 Å². The molecule has 0 amide bonds. The summed E-state index contributed by atoms with van der Waals surface area (Å²) in [4.78, 5) is 0. The van der Waals surface area contributed by atoms with Crippen molar-refractivity contribution in [2.24, 2.45) is 17.6 Å². The Balaban J connectivity index is 1.82. The minimum absolute atomic E-state index is 0.161. The quantitative estimate of drug-likeness (QED) is 0.519. The Morgan fingerprint density at radius 1 is 1.06 bits per heavy atom. The molecule has 3 unspecified atom stereocenters. The molecule has 1 fully saturated rings. The van der Waals surface area contributed by atoms with Crippen LogP contribution in [0.15, 0.2) is 12.2 Å². The van der Waals surface area contributed by atoms with Gasteiger partial charge in [-0.25, -0.2) is 0 Å². The average molecular weight is 251 g/mol. The molecule has 0 aromatic rings. The zero-order valence-electron chi connectivity index (χ0n) is 11.7. The van der Waals surface area contributed by atoms with Crippen molar-refractivity contribution in [1.29, 1.82) is 0 Å². The predicted octanol–water partition coefficient (Wildman–Crippen LogP) is 2.34. The topological polar surface area (TPSA) is 50.1 Å². The number of allylic oxidation sites excluding steroid dienone is 2. The van der Waals surface area contributed by atoms with Crippen LogP contribution in [0.25, 0.3) is 0 Å². The Hall–Kier alpha value is -0.380. The van der Waals surface area contributed by atoms with E-state index in [1.807, 2.05) is 7.05 Å². The van der Waals surface area contributed by atoms with E-state index in [9.17, 15) is 0 Å². The van der Waals surface area contributed by atoms with Gasteiger partial charge in [0.15, 0.2) is 0 Å². The van der Waals surface area contributed by atoms with Crippen LogP contribution >= 0.6 is 0 Å². The minimum atomic E-state index is 0.161. The molecule has 0 saturated heterocycles. The zero-order chi connectivity index (χ0) is 12.8. The summed E-state index contributed by atoms with van der Waals surface area (Å²) in [6.45, 7) is 0.